The van der Waals surface area contributed by atoms with E-state index in [0.29, 0.717) is 11.3 Å². The van der Waals surface area contributed by atoms with Crippen molar-refractivity contribution in [3.8, 4) is 5.75 Å². The zero-order valence-electron chi connectivity index (χ0n) is 11.8. The molecule has 5 heteroatoms. The van der Waals surface area contributed by atoms with Gasteiger partial charge >= 0.3 is 0 Å². The fraction of sp³-hybridized carbons (Fsp3) is 0.500. The van der Waals surface area contributed by atoms with Crippen molar-refractivity contribution in [1.29, 1.82) is 0 Å². The largest absolute Gasteiger partial charge is 0.496 e. The summed E-state index contributed by atoms with van der Waals surface area (Å²) in [5.41, 5.74) is 4.58. The van der Waals surface area contributed by atoms with Gasteiger partial charge in [-0.3, -0.25) is 10.2 Å². The minimum absolute atomic E-state index is 0.106. The molecule has 0 aliphatic carbocycles. The quantitative estimate of drug-likeness (QED) is 0.880. The average Bonchev–Trinajstić information content (AvgIpc) is 2.41. The molecule has 0 atom stereocenters. The number of ether oxygens (including phenoxy) is 1. The fourth-order valence-electron chi connectivity index (χ4n) is 2.12. The van der Waals surface area contributed by atoms with Crippen molar-refractivity contribution in [1.82, 2.24) is 15.3 Å². The average molecular weight is 263 g/mol. The molecule has 1 amide bonds. The number of nitrogens with zero attached hydrogens (tertiary/aromatic N) is 2. The molecular formula is C14H21N3O2. The molecule has 0 aromatic heterocycles. The van der Waals surface area contributed by atoms with Crippen LogP contribution in [0.15, 0.2) is 18.2 Å². The van der Waals surface area contributed by atoms with Crippen LogP contribution in [0.4, 0.5) is 0 Å². The van der Waals surface area contributed by atoms with Crippen molar-refractivity contribution < 1.29 is 9.53 Å². The van der Waals surface area contributed by atoms with Gasteiger partial charge in [-0.15, -0.1) is 0 Å². The minimum Gasteiger partial charge on any atom is -0.496 e. The molecule has 0 spiro atoms. The van der Waals surface area contributed by atoms with Gasteiger partial charge in [-0.25, -0.2) is 5.01 Å². The van der Waals surface area contributed by atoms with Crippen LogP contribution >= 0.6 is 0 Å². The Kier molecular flexibility index (Phi) is 4.39. The summed E-state index contributed by atoms with van der Waals surface area (Å²) >= 11 is 0. The van der Waals surface area contributed by atoms with Gasteiger partial charge in [0.25, 0.3) is 5.91 Å². The Hall–Kier alpha value is -1.59. The van der Waals surface area contributed by atoms with E-state index in [1.54, 1.807) is 7.11 Å². The van der Waals surface area contributed by atoms with Gasteiger partial charge in [-0.1, -0.05) is 11.6 Å². The summed E-state index contributed by atoms with van der Waals surface area (Å²) < 4.78 is 5.24. The Morgan fingerprint density at radius 1 is 1.26 bits per heavy atom. The number of hydrogen-bond acceptors (Lipinski definition) is 4. The lowest BCUT2D eigenvalue weighted by Gasteiger charge is -2.32. The molecular weight excluding hydrogens is 242 g/mol. The summed E-state index contributed by atoms with van der Waals surface area (Å²) in [5.74, 6) is 0.502. The summed E-state index contributed by atoms with van der Waals surface area (Å²) in [7, 11) is 3.67. The monoisotopic (exact) mass is 263 g/mol. The topological polar surface area (TPSA) is 44.8 Å². The van der Waals surface area contributed by atoms with Gasteiger partial charge < -0.3 is 9.64 Å². The number of methoxy groups -OCH3 is 1. The number of hydrazine groups is 1. The number of benzene rings is 1. The second kappa shape index (κ2) is 6.04. The maximum atomic E-state index is 12.3. The number of likely N-dealkylation sites (N-methyl/N-ethyl adjacent to an activating group) is 1. The van der Waals surface area contributed by atoms with Gasteiger partial charge in [0.2, 0.25) is 0 Å². The summed E-state index contributed by atoms with van der Waals surface area (Å²) in [5, 5.41) is 1.96. The smallest absolute Gasteiger partial charge is 0.269 e. The number of piperazine rings is 1. The van der Waals surface area contributed by atoms with E-state index in [4.69, 9.17) is 4.74 Å². The van der Waals surface area contributed by atoms with Crippen molar-refractivity contribution >= 4 is 5.91 Å². The van der Waals surface area contributed by atoms with Crippen molar-refractivity contribution in [3.05, 3.63) is 29.3 Å². The number of amides is 1. The van der Waals surface area contributed by atoms with Gasteiger partial charge in [0.1, 0.15) is 5.75 Å². The number of nitrogens with one attached hydrogen (secondary N) is 1. The Balaban J connectivity index is 2.05. The van der Waals surface area contributed by atoms with Crippen LogP contribution in [-0.2, 0) is 0 Å². The van der Waals surface area contributed by atoms with E-state index < -0.39 is 0 Å². The third-order valence-electron chi connectivity index (χ3n) is 3.36. The Morgan fingerprint density at radius 3 is 2.58 bits per heavy atom. The van der Waals surface area contributed by atoms with E-state index >= 15 is 0 Å². The second-order valence-corrected chi connectivity index (χ2v) is 4.93. The Labute approximate surface area is 114 Å². The maximum Gasteiger partial charge on any atom is 0.269 e. The highest BCUT2D eigenvalue weighted by Crippen LogP contribution is 2.19. The molecule has 1 fully saturated rings. The van der Waals surface area contributed by atoms with Gasteiger partial charge in [-0.05, 0) is 26.1 Å². The molecule has 19 heavy (non-hydrogen) atoms. The third-order valence-corrected chi connectivity index (χ3v) is 3.36. The highest BCUT2D eigenvalue weighted by atomic mass is 16.5. The molecule has 1 aliphatic heterocycles. The van der Waals surface area contributed by atoms with E-state index in [1.807, 2.05) is 30.1 Å². The number of aryl methyl sites for hydroxylation is 1. The van der Waals surface area contributed by atoms with Crippen molar-refractivity contribution in [3.63, 3.8) is 0 Å². The number of rotatable bonds is 3. The molecule has 1 aliphatic rings. The normalized spacial score (nSPS) is 17.2. The summed E-state index contributed by atoms with van der Waals surface area (Å²) in [6, 6.07) is 5.62. The summed E-state index contributed by atoms with van der Waals surface area (Å²) in [4.78, 5) is 14.5. The summed E-state index contributed by atoms with van der Waals surface area (Å²) in [6.45, 7) is 5.58. The Morgan fingerprint density at radius 2 is 1.95 bits per heavy atom. The SMILES string of the molecule is COc1ccc(C)cc1C(=O)NN1CCN(C)CC1. The molecule has 5 nitrogen and oxygen atoms in total. The van der Waals surface area contributed by atoms with Crippen LogP contribution in [0.5, 0.6) is 5.75 Å². The van der Waals surface area contributed by atoms with Crippen molar-refractivity contribution in [2.24, 2.45) is 0 Å². The molecule has 2 rings (SSSR count). The van der Waals surface area contributed by atoms with Crippen LogP contribution < -0.4 is 10.2 Å². The van der Waals surface area contributed by atoms with Crippen LogP contribution in [0.3, 0.4) is 0 Å². The van der Waals surface area contributed by atoms with Gasteiger partial charge in [0.15, 0.2) is 0 Å². The molecule has 0 unspecified atom stereocenters. The first-order valence-corrected chi connectivity index (χ1v) is 6.49. The lowest BCUT2D eigenvalue weighted by molar-refractivity contribution is 0.0660. The van der Waals surface area contributed by atoms with Crippen LogP contribution in [0.2, 0.25) is 0 Å². The summed E-state index contributed by atoms with van der Waals surface area (Å²) in [6.07, 6.45) is 0. The van der Waals surface area contributed by atoms with Gasteiger partial charge in [-0.2, -0.15) is 0 Å². The van der Waals surface area contributed by atoms with E-state index in [1.165, 1.54) is 0 Å². The second-order valence-electron chi connectivity index (χ2n) is 4.93. The molecule has 1 N–H and O–H groups in total. The van der Waals surface area contributed by atoms with E-state index in [2.05, 4.69) is 17.4 Å². The maximum absolute atomic E-state index is 12.3. The highest BCUT2D eigenvalue weighted by Gasteiger charge is 2.18. The molecule has 1 aromatic rings. The van der Waals surface area contributed by atoms with Crippen LogP contribution in [-0.4, -0.2) is 56.2 Å². The van der Waals surface area contributed by atoms with Gasteiger partial charge in [0, 0.05) is 26.2 Å². The van der Waals surface area contributed by atoms with E-state index in [0.717, 1.165) is 31.7 Å². The van der Waals surface area contributed by atoms with E-state index in [-0.39, 0.29) is 5.91 Å². The van der Waals surface area contributed by atoms with Crippen molar-refractivity contribution in [2.45, 2.75) is 6.92 Å². The van der Waals surface area contributed by atoms with Gasteiger partial charge in [0.05, 0.1) is 12.7 Å². The first-order chi connectivity index (χ1) is 9.10. The molecule has 1 saturated heterocycles. The lowest BCUT2D eigenvalue weighted by atomic mass is 10.1. The fourth-order valence-corrected chi connectivity index (χ4v) is 2.12. The van der Waals surface area contributed by atoms with Crippen molar-refractivity contribution in [2.75, 3.05) is 40.3 Å². The molecule has 0 radical (unpaired) electrons. The number of hydrogen-bond donors (Lipinski definition) is 1. The molecule has 0 saturated carbocycles. The molecule has 1 aromatic carbocycles. The standard InChI is InChI=1S/C14H21N3O2/c1-11-4-5-13(19-3)12(10-11)14(18)15-17-8-6-16(2)7-9-17/h4-5,10H,6-9H2,1-3H3,(H,15,18). The number of carbonyl (C=O) groups excluding carboxylic acids is 1. The minimum atomic E-state index is -0.106. The molecule has 104 valence electrons. The molecule has 1 heterocycles. The predicted molar refractivity (Wildman–Crippen MR) is 74.3 cm³/mol. The van der Waals surface area contributed by atoms with Crippen LogP contribution in [0, 0.1) is 6.92 Å². The first-order valence-electron chi connectivity index (χ1n) is 6.49. The zero-order chi connectivity index (χ0) is 13.8. The van der Waals surface area contributed by atoms with Crippen LogP contribution in [0.1, 0.15) is 15.9 Å². The third kappa shape index (κ3) is 3.45. The lowest BCUT2D eigenvalue weighted by Crippen LogP contribution is -2.52. The highest BCUT2D eigenvalue weighted by molar-refractivity contribution is 5.96. The van der Waals surface area contributed by atoms with Crippen LogP contribution in [0.25, 0.3) is 0 Å². The zero-order valence-corrected chi connectivity index (χ0v) is 11.8. The Bertz CT molecular complexity index is 454. The first kappa shape index (κ1) is 13.8. The number of carbonyl (C=O) groups is 1. The molecule has 0 bridgehead atoms. The van der Waals surface area contributed by atoms with E-state index in [9.17, 15) is 4.79 Å². The predicted octanol–water partition coefficient (Wildman–Crippen LogP) is 0.896.